The standard InChI is InChI=1S/C22H23NO6/c1-14-5-7-16(8-6-14)28-13-17-9-10-18(29-17)22(24)23-15-11-19(25-2)21(27-4)20(12-15)26-3/h5-12H,13H2,1-4H3,(H,23,24). The van der Waals surface area contributed by atoms with E-state index >= 15 is 0 Å². The van der Waals surface area contributed by atoms with E-state index in [1.165, 1.54) is 21.3 Å². The molecule has 152 valence electrons. The van der Waals surface area contributed by atoms with Gasteiger partial charge in [-0.2, -0.15) is 0 Å². The fraction of sp³-hybridized carbons (Fsp3) is 0.227. The van der Waals surface area contributed by atoms with Gasteiger partial charge in [-0.3, -0.25) is 4.79 Å². The normalized spacial score (nSPS) is 10.3. The lowest BCUT2D eigenvalue weighted by atomic mass is 10.2. The first-order valence-corrected chi connectivity index (χ1v) is 8.93. The van der Waals surface area contributed by atoms with Gasteiger partial charge < -0.3 is 28.7 Å². The average molecular weight is 397 g/mol. The number of carbonyl (C=O) groups excluding carboxylic acids is 1. The molecule has 0 spiro atoms. The average Bonchev–Trinajstić information content (AvgIpc) is 3.21. The predicted octanol–water partition coefficient (Wildman–Crippen LogP) is 4.45. The fourth-order valence-electron chi connectivity index (χ4n) is 2.71. The molecule has 0 bridgehead atoms. The highest BCUT2D eigenvalue weighted by Crippen LogP contribution is 2.40. The lowest BCUT2D eigenvalue weighted by Gasteiger charge is -2.14. The third-order valence-corrected chi connectivity index (χ3v) is 4.21. The molecule has 0 aliphatic carbocycles. The second kappa shape index (κ2) is 9.05. The number of anilines is 1. The van der Waals surface area contributed by atoms with Crippen molar-refractivity contribution in [1.82, 2.24) is 0 Å². The highest BCUT2D eigenvalue weighted by atomic mass is 16.5. The largest absolute Gasteiger partial charge is 0.493 e. The van der Waals surface area contributed by atoms with Crippen LogP contribution in [0.1, 0.15) is 21.9 Å². The third kappa shape index (κ3) is 4.82. The van der Waals surface area contributed by atoms with E-state index in [2.05, 4.69) is 5.32 Å². The SMILES string of the molecule is COc1cc(NC(=O)c2ccc(COc3ccc(C)cc3)o2)cc(OC)c1OC. The van der Waals surface area contributed by atoms with E-state index in [1.807, 2.05) is 31.2 Å². The van der Waals surface area contributed by atoms with Crippen molar-refractivity contribution in [2.24, 2.45) is 0 Å². The molecule has 3 rings (SSSR count). The van der Waals surface area contributed by atoms with Gasteiger partial charge in [-0.1, -0.05) is 17.7 Å². The molecule has 1 N–H and O–H groups in total. The smallest absolute Gasteiger partial charge is 0.291 e. The molecule has 0 unspecified atom stereocenters. The molecule has 0 saturated heterocycles. The van der Waals surface area contributed by atoms with Crippen molar-refractivity contribution in [1.29, 1.82) is 0 Å². The van der Waals surface area contributed by atoms with Crippen LogP contribution in [0.4, 0.5) is 5.69 Å². The monoisotopic (exact) mass is 397 g/mol. The van der Waals surface area contributed by atoms with Crippen LogP contribution in [0, 0.1) is 6.92 Å². The topological polar surface area (TPSA) is 79.2 Å². The van der Waals surface area contributed by atoms with E-state index in [1.54, 1.807) is 24.3 Å². The van der Waals surface area contributed by atoms with Crippen molar-refractivity contribution in [2.45, 2.75) is 13.5 Å². The molecule has 0 saturated carbocycles. The molecular weight excluding hydrogens is 374 g/mol. The highest BCUT2D eigenvalue weighted by Gasteiger charge is 2.17. The van der Waals surface area contributed by atoms with Crippen LogP contribution in [0.2, 0.25) is 0 Å². The van der Waals surface area contributed by atoms with Crippen LogP contribution in [0.25, 0.3) is 0 Å². The molecule has 29 heavy (non-hydrogen) atoms. The van der Waals surface area contributed by atoms with Crippen LogP contribution in [0.3, 0.4) is 0 Å². The zero-order chi connectivity index (χ0) is 20.8. The Hall–Kier alpha value is -3.61. The first-order valence-electron chi connectivity index (χ1n) is 8.93. The Balaban J connectivity index is 1.68. The van der Waals surface area contributed by atoms with Gasteiger partial charge >= 0.3 is 0 Å². The summed E-state index contributed by atoms with van der Waals surface area (Å²) in [4.78, 5) is 12.5. The van der Waals surface area contributed by atoms with Gasteiger partial charge in [0.05, 0.1) is 21.3 Å². The molecule has 0 radical (unpaired) electrons. The fourth-order valence-corrected chi connectivity index (χ4v) is 2.71. The van der Waals surface area contributed by atoms with E-state index in [9.17, 15) is 4.79 Å². The highest BCUT2D eigenvalue weighted by molar-refractivity contribution is 6.02. The van der Waals surface area contributed by atoms with Crippen molar-refractivity contribution in [2.75, 3.05) is 26.6 Å². The number of hydrogen-bond donors (Lipinski definition) is 1. The van der Waals surface area contributed by atoms with Crippen LogP contribution >= 0.6 is 0 Å². The van der Waals surface area contributed by atoms with E-state index in [4.69, 9.17) is 23.4 Å². The van der Waals surface area contributed by atoms with Crippen molar-refractivity contribution >= 4 is 11.6 Å². The minimum Gasteiger partial charge on any atom is -0.493 e. The molecule has 0 aliphatic rings. The lowest BCUT2D eigenvalue weighted by Crippen LogP contribution is -2.11. The first-order chi connectivity index (χ1) is 14.0. The molecule has 1 aromatic heterocycles. The Morgan fingerprint density at radius 3 is 2.17 bits per heavy atom. The van der Waals surface area contributed by atoms with Crippen LogP contribution in [-0.2, 0) is 6.61 Å². The molecule has 0 aliphatic heterocycles. The van der Waals surface area contributed by atoms with E-state index in [-0.39, 0.29) is 12.4 Å². The van der Waals surface area contributed by atoms with Crippen molar-refractivity contribution in [3.8, 4) is 23.0 Å². The Morgan fingerprint density at radius 1 is 0.931 bits per heavy atom. The number of nitrogens with one attached hydrogen (secondary N) is 1. The molecular formula is C22H23NO6. The minimum absolute atomic E-state index is 0.168. The lowest BCUT2D eigenvalue weighted by molar-refractivity contribution is 0.0992. The Kier molecular flexibility index (Phi) is 6.29. The zero-order valence-corrected chi connectivity index (χ0v) is 16.8. The zero-order valence-electron chi connectivity index (χ0n) is 16.8. The van der Waals surface area contributed by atoms with Gasteiger partial charge in [0.25, 0.3) is 5.91 Å². The van der Waals surface area contributed by atoms with Crippen LogP contribution in [-0.4, -0.2) is 27.2 Å². The molecule has 0 fully saturated rings. The summed E-state index contributed by atoms with van der Waals surface area (Å²) in [6.07, 6.45) is 0. The van der Waals surface area contributed by atoms with E-state index < -0.39 is 5.91 Å². The minimum atomic E-state index is -0.402. The van der Waals surface area contributed by atoms with Gasteiger partial charge in [0.2, 0.25) is 5.75 Å². The van der Waals surface area contributed by atoms with Gasteiger partial charge in [-0.15, -0.1) is 0 Å². The number of furan rings is 1. The van der Waals surface area contributed by atoms with Gasteiger partial charge in [0.1, 0.15) is 18.1 Å². The Bertz CT molecular complexity index is 952. The summed E-state index contributed by atoms with van der Waals surface area (Å²) in [6.45, 7) is 2.23. The molecule has 1 amide bonds. The van der Waals surface area contributed by atoms with E-state index in [0.29, 0.717) is 28.7 Å². The van der Waals surface area contributed by atoms with Crippen LogP contribution < -0.4 is 24.3 Å². The molecule has 2 aromatic carbocycles. The third-order valence-electron chi connectivity index (χ3n) is 4.21. The van der Waals surface area contributed by atoms with Crippen LogP contribution in [0.15, 0.2) is 52.9 Å². The van der Waals surface area contributed by atoms with Crippen molar-refractivity contribution < 1.29 is 28.2 Å². The number of aryl methyl sites for hydroxylation is 1. The van der Waals surface area contributed by atoms with Crippen molar-refractivity contribution in [3.63, 3.8) is 0 Å². The number of benzene rings is 2. The molecule has 7 heteroatoms. The summed E-state index contributed by atoms with van der Waals surface area (Å²) < 4.78 is 27.1. The van der Waals surface area contributed by atoms with Crippen molar-refractivity contribution in [3.05, 3.63) is 65.6 Å². The van der Waals surface area contributed by atoms with E-state index in [0.717, 1.165) is 11.3 Å². The Morgan fingerprint density at radius 2 is 1.59 bits per heavy atom. The first kappa shape index (κ1) is 20.1. The molecule has 3 aromatic rings. The predicted molar refractivity (Wildman–Crippen MR) is 108 cm³/mol. The molecule has 1 heterocycles. The number of rotatable bonds is 8. The summed E-state index contributed by atoms with van der Waals surface area (Å²) in [5.41, 5.74) is 1.64. The quantitative estimate of drug-likeness (QED) is 0.605. The number of amides is 1. The van der Waals surface area contributed by atoms with Gasteiger partial charge in [-0.25, -0.2) is 0 Å². The van der Waals surface area contributed by atoms with Gasteiger partial charge in [-0.05, 0) is 31.2 Å². The number of methoxy groups -OCH3 is 3. The van der Waals surface area contributed by atoms with Gasteiger partial charge in [0.15, 0.2) is 17.3 Å². The number of ether oxygens (including phenoxy) is 4. The Labute approximate surface area is 169 Å². The summed E-state index contributed by atoms with van der Waals surface area (Å²) in [6, 6.07) is 14.3. The molecule has 7 nitrogen and oxygen atoms in total. The summed E-state index contributed by atoms with van der Waals surface area (Å²) in [7, 11) is 4.53. The maximum absolute atomic E-state index is 12.5. The van der Waals surface area contributed by atoms with Gasteiger partial charge in [0, 0.05) is 17.8 Å². The summed E-state index contributed by atoms with van der Waals surface area (Å²) in [5, 5.41) is 2.76. The van der Waals surface area contributed by atoms with Crippen LogP contribution in [0.5, 0.6) is 23.0 Å². The maximum atomic E-state index is 12.5. The summed E-state index contributed by atoms with van der Waals surface area (Å²) >= 11 is 0. The number of hydrogen-bond acceptors (Lipinski definition) is 6. The second-order valence-corrected chi connectivity index (χ2v) is 6.24. The maximum Gasteiger partial charge on any atom is 0.291 e. The summed E-state index contributed by atoms with van der Waals surface area (Å²) in [5.74, 6) is 2.36. The molecule has 0 atom stereocenters. The number of carbonyl (C=O) groups is 1. The second-order valence-electron chi connectivity index (χ2n) is 6.24.